The minimum absolute atomic E-state index is 0.0444. The summed E-state index contributed by atoms with van der Waals surface area (Å²) in [6.45, 7) is 3.59. The van der Waals surface area contributed by atoms with Crippen molar-refractivity contribution in [2.75, 3.05) is 12.4 Å². The second kappa shape index (κ2) is 6.67. The summed E-state index contributed by atoms with van der Waals surface area (Å²) in [5.74, 6) is -0.447. The Balaban J connectivity index is 2.80. The highest BCUT2D eigenvalue weighted by molar-refractivity contribution is 7.89. The number of benzene rings is 1. The zero-order valence-corrected chi connectivity index (χ0v) is 12.2. The third-order valence-electron chi connectivity index (χ3n) is 2.67. The Morgan fingerprint density at radius 2 is 2.10 bits per heavy atom. The van der Waals surface area contributed by atoms with Crippen molar-refractivity contribution >= 4 is 15.7 Å². The van der Waals surface area contributed by atoms with Crippen molar-refractivity contribution < 1.29 is 18.1 Å². The molecule has 0 saturated carbocycles. The molecule has 0 heterocycles. The van der Waals surface area contributed by atoms with Gasteiger partial charge in [-0.3, -0.25) is 10.1 Å². The maximum Gasteiger partial charge on any atom is 0.311 e. The predicted octanol–water partition coefficient (Wildman–Crippen LogP) is 1.46. The Morgan fingerprint density at radius 3 is 2.60 bits per heavy atom. The molecule has 7 nitrogen and oxygen atoms in total. The number of ether oxygens (including phenoxy) is 1. The van der Waals surface area contributed by atoms with E-state index in [9.17, 15) is 18.5 Å². The lowest BCUT2D eigenvalue weighted by atomic mass is 10.1. The molecule has 1 aromatic rings. The van der Waals surface area contributed by atoms with Gasteiger partial charge in [0, 0.05) is 12.0 Å². The second-order valence-corrected chi connectivity index (χ2v) is 6.32. The Labute approximate surface area is 117 Å². The van der Waals surface area contributed by atoms with Crippen LogP contribution in [0.5, 0.6) is 5.75 Å². The van der Waals surface area contributed by atoms with Crippen LogP contribution >= 0.6 is 0 Å². The summed E-state index contributed by atoms with van der Waals surface area (Å²) in [6, 6.07) is 4.73. The summed E-state index contributed by atoms with van der Waals surface area (Å²) in [7, 11) is -3.58. The maximum absolute atomic E-state index is 11.0. The highest BCUT2D eigenvalue weighted by Gasteiger charge is 2.18. The molecule has 112 valence electrons. The van der Waals surface area contributed by atoms with Crippen LogP contribution in [-0.2, 0) is 16.4 Å². The van der Waals surface area contributed by atoms with E-state index in [2.05, 4.69) is 0 Å². The first-order chi connectivity index (χ1) is 9.23. The van der Waals surface area contributed by atoms with E-state index < -0.39 is 14.9 Å². The van der Waals surface area contributed by atoms with Gasteiger partial charge in [0.05, 0.1) is 17.3 Å². The molecule has 1 atom stereocenters. The van der Waals surface area contributed by atoms with E-state index in [4.69, 9.17) is 9.88 Å². The van der Waals surface area contributed by atoms with Gasteiger partial charge in [0.1, 0.15) is 0 Å². The molecule has 0 aliphatic heterocycles. The van der Waals surface area contributed by atoms with Crippen LogP contribution in [0.2, 0.25) is 0 Å². The normalized spacial score (nSPS) is 12.9. The number of aryl methyl sites for hydroxylation is 1. The number of nitro groups is 1. The zero-order valence-electron chi connectivity index (χ0n) is 11.4. The molecule has 2 N–H and O–H groups in total. The number of hydrogen-bond donors (Lipinski definition) is 1. The standard InChI is InChI=1S/C12H18N2O5S/c1-3-10-4-5-12(11(6-10)14(15)16)19-7-9(2)8-20(13,17)18/h4-6,9H,3,7-8H2,1-2H3,(H2,13,17,18). The van der Waals surface area contributed by atoms with Crippen LogP contribution in [0, 0.1) is 16.0 Å². The first kappa shape index (κ1) is 16.4. The zero-order chi connectivity index (χ0) is 15.3. The van der Waals surface area contributed by atoms with E-state index in [1.54, 1.807) is 13.0 Å². The second-order valence-electron chi connectivity index (χ2n) is 4.66. The van der Waals surface area contributed by atoms with Gasteiger partial charge in [-0.25, -0.2) is 13.6 Å². The fourth-order valence-corrected chi connectivity index (χ4v) is 2.61. The summed E-state index contributed by atoms with van der Waals surface area (Å²) in [5, 5.41) is 15.9. The largest absolute Gasteiger partial charge is 0.486 e. The van der Waals surface area contributed by atoms with Gasteiger partial charge >= 0.3 is 5.69 Å². The van der Waals surface area contributed by atoms with Crippen LogP contribution in [0.3, 0.4) is 0 Å². The number of nitrogens with two attached hydrogens (primary N) is 1. The van der Waals surface area contributed by atoms with Gasteiger partial charge in [-0.15, -0.1) is 0 Å². The Bertz CT molecular complexity index is 586. The van der Waals surface area contributed by atoms with E-state index in [-0.39, 0.29) is 29.7 Å². The molecule has 0 fully saturated rings. The van der Waals surface area contributed by atoms with Crippen molar-refractivity contribution in [2.45, 2.75) is 20.3 Å². The van der Waals surface area contributed by atoms with Crippen LogP contribution in [0.15, 0.2) is 18.2 Å². The van der Waals surface area contributed by atoms with Crippen LogP contribution in [-0.4, -0.2) is 25.7 Å². The third kappa shape index (κ3) is 5.14. The van der Waals surface area contributed by atoms with Gasteiger partial charge in [-0.1, -0.05) is 19.9 Å². The molecule has 1 rings (SSSR count). The molecule has 0 aliphatic rings. The van der Waals surface area contributed by atoms with Crippen molar-refractivity contribution in [3.05, 3.63) is 33.9 Å². The van der Waals surface area contributed by atoms with E-state index >= 15 is 0 Å². The van der Waals surface area contributed by atoms with Crippen molar-refractivity contribution in [2.24, 2.45) is 11.1 Å². The van der Waals surface area contributed by atoms with Gasteiger partial charge in [0.2, 0.25) is 10.0 Å². The molecule has 0 aliphatic carbocycles. The van der Waals surface area contributed by atoms with Gasteiger partial charge in [-0.05, 0) is 18.1 Å². The van der Waals surface area contributed by atoms with E-state index in [0.717, 1.165) is 5.56 Å². The lowest BCUT2D eigenvalue weighted by molar-refractivity contribution is -0.386. The molecule has 0 saturated heterocycles. The number of hydrogen-bond acceptors (Lipinski definition) is 5. The van der Waals surface area contributed by atoms with Crippen molar-refractivity contribution in [1.82, 2.24) is 0 Å². The molecular formula is C12H18N2O5S. The molecule has 0 bridgehead atoms. The lowest BCUT2D eigenvalue weighted by Crippen LogP contribution is -2.25. The SMILES string of the molecule is CCc1ccc(OCC(C)CS(N)(=O)=O)c([N+](=O)[O-])c1. The van der Waals surface area contributed by atoms with Crippen LogP contribution < -0.4 is 9.88 Å². The quantitative estimate of drug-likeness (QED) is 0.605. The predicted molar refractivity (Wildman–Crippen MR) is 75.1 cm³/mol. The number of nitrogens with zero attached hydrogens (tertiary/aromatic N) is 1. The first-order valence-corrected chi connectivity index (χ1v) is 7.85. The van der Waals surface area contributed by atoms with Gasteiger partial charge in [0.15, 0.2) is 5.75 Å². The minimum atomic E-state index is -3.58. The first-order valence-electron chi connectivity index (χ1n) is 6.13. The monoisotopic (exact) mass is 302 g/mol. The topological polar surface area (TPSA) is 113 Å². The van der Waals surface area contributed by atoms with Crippen molar-refractivity contribution in [1.29, 1.82) is 0 Å². The minimum Gasteiger partial charge on any atom is -0.486 e. The number of primary sulfonamides is 1. The average molecular weight is 302 g/mol. The fraction of sp³-hybridized carbons (Fsp3) is 0.500. The molecule has 20 heavy (non-hydrogen) atoms. The Morgan fingerprint density at radius 1 is 1.45 bits per heavy atom. The van der Waals surface area contributed by atoms with Crippen molar-refractivity contribution in [3.8, 4) is 5.75 Å². The number of sulfonamides is 1. The van der Waals surface area contributed by atoms with Gasteiger partial charge < -0.3 is 4.74 Å². The molecule has 0 radical (unpaired) electrons. The highest BCUT2D eigenvalue weighted by atomic mass is 32.2. The molecule has 0 aromatic heterocycles. The smallest absolute Gasteiger partial charge is 0.311 e. The summed E-state index contributed by atoms with van der Waals surface area (Å²) in [5.41, 5.74) is 0.716. The molecule has 0 spiro atoms. The maximum atomic E-state index is 11.0. The molecule has 8 heteroatoms. The molecular weight excluding hydrogens is 284 g/mol. The average Bonchev–Trinajstić information content (AvgIpc) is 2.34. The van der Waals surface area contributed by atoms with E-state index in [1.807, 2.05) is 6.92 Å². The third-order valence-corrected chi connectivity index (χ3v) is 3.70. The van der Waals surface area contributed by atoms with Crippen LogP contribution in [0.1, 0.15) is 19.4 Å². The molecule has 1 aromatic carbocycles. The summed E-state index contributed by atoms with van der Waals surface area (Å²) >= 11 is 0. The highest BCUT2D eigenvalue weighted by Crippen LogP contribution is 2.28. The summed E-state index contributed by atoms with van der Waals surface area (Å²) in [4.78, 5) is 10.5. The molecule has 1 unspecified atom stereocenters. The Hall–Kier alpha value is -1.67. The summed E-state index contributed by atoms with van der Waals surface area (Å²) in [6.07, 6.45) is 0.683. The van der Waals surface area contributed by atoms with E-state index in [0.29, 0.717) is 6.42 Å². The van der Waals surface area contributed by atoms with Gasteiger partial charge in [0.25, 0.3) is 0 Å². The van der Waals surface area contributed by atoms with Gasteiger partial charge in [-0.2, -0.15) is 0 Å². The van der Waals surface area contributed by atoms with Crippen LogP contribution in [0.4, 0.5) is 5.69 Å². The number of rotatable bonds is 7. The van der Waals surface area contributed by atoms with Crippen LogP contribution in [0.25, 0.3) is 0 Å². The molecule has 0 amide bonds. The summed E-state index contributed by atoms with van der Waals surface area (Å²) < 4.78 is 27.2. The lowest BCUT2D eigenvalue weighted by Gasteiger charge is -2.12. The van der Waals surface area contributed by atoms with E-state index in [1.165, 1.54) is 12.1 Å². The Kier molecular flexibility index (Phi) is 5.46. The fourth-order valence-electron chi connectivity index (χ4n) is 1.72. The number of nitro benzene ring substituents is 1. The van der Waals surface area contributed by atoms with Crippen molar-refractivity contribution in [3.63, 3.8) is 0 Å².